The van der Waals surface area contributed by atoms with E-state index in [0.29, 0.717) is 24.8 Å². The Balaban J connectivity index is 1.74. The standard InChI is InChI=1S/C27H37FN2O7/c1-13-7-18-17-6-5-15-8-19(32)16(20(33)11-30-23(36)14(2)29)9-24(15,3)26(17,28)21(34)10-25(18,4)27(13,37)22(35)12-31/h8-9,13-14,17-18,21,31,34,37H,5-7,10-12,29H2,1-4H3,(H,30,36)/t13-,14+,17+,18+,21+,24+,25+,26+,27+/m1/s1. The maximum atomic E-state index is 17.5. The number of carbonyl (C=O) groups is 4. The predicted molar refractivity (Wildman–Crippen MR) is 131 cm³/mol. The molecule has 0 aromatic rings. The van der Waals surface area contributed by atoms with E-state index in [2.05, 4.69) is 5.32 Å². The topological polar surface area (TPSA) is 167 Å². The van der Waals surface area contributed by atoms with Gasteiger partial charge in [0.1, 0.15) is 12.2 Å². The molecule has 4 rings (SSSR count). The summed E-state index contributed by atoms with van der Waals surface area (Å²) < 4.78 is 17.5. The maximum absolute atomic E-state index is 17.5. The van der Waals surface area contributed by atoms with Gasteiger partial charge >= 0.3 is 0 Å². The lowest BCUT2D eigenvalue weighted by atomic mass is 9.44. The molecular weight excluding hydrogens is 483 g/mol. The van der Waals surface area contributed by atoms with Crippen molar-refractivity contribution in [3.63, 3.8) is 0 Å². The minimum Gasteiger partial charge on any atom is -0.390 e. The van der Waals surface area contributed by atoms with Crippen molar-refractivity contribution in [3.8, 4) is 0 Å². The fraction of sp³-hybridized carbons (Fsp3) is 0.704. The van der Waals surface area contributed by atoms with E-state index in [4.69, 9.17) is 5.73 Å². The predicted octanol–water partition coefficient (Wildman–Crippen LogP) is 0.298. The lowest BCUT2D eigenvalue weighted by molar-refractivity contribution is -0.219. The van der Waals surface area contributed by atoms with Crippen LogP contribution in [-0.2, 0) is 19.2 Å². The van der Waals surface area contributed by atoms with Gasteiger partial charge in [0.25, 0.3) is 0 Å². The van der Waals surface area contributed by atoms with Gasteiger partial charge in [-0.05, 0) is 57.4 Å². The first-order chi connectivity index (χ1) is 17.1. The second-order valence-electron chi connectivity index (χ2n) is 11.9. The number of nitrogens with one attached hydrogen (secondary N) is 1. The Hall–Kier alpha value is -2.27. The number of aliphatic hydroxyl groups is 3. The fourth-order valence-corrected chi connectivity index (χ4v) is 8.00. The van der Waals surface area contributed by atoms with Crippen molar-refractivity contribution in [1.82, 2.24) is 5.32 Å². The van der Waals surface area contributed by atoms with Crippen LogP contribution in [0.15, 0.2) is 23.3 Å². The highest BCUT2D eigenvalue weighted by Gasteiger charge is 2.75. The summed E-state index contributed by atoms with van der Waals surface area (Å²) in [6, 6.07) is -0.849. The summed E-state index contributed by atoms with van der Waals surface area (Å²) in [6.07, 6.45) is 1.69. The van der Waals surface area contributed by atoms with E-state index in [9.17, 15) is 34.5 Å². The second kappa shape index (κ2) is 8.90. The number of ketones is 3. The first-order valence-electron chi connectivity index (χ1n) is 12.9. The highest BCUT2D eigenvalue weighted by molar-refractivity contribution is 6.26. The quantitative estimate of drug-likeness (QED) is 0.312. The Labute approximate surface area is 215 Å². The number of allylic oxidation sites excluding steroid dienone is 3. The molecular formula is C27H37FN2O7. The molecule has 0 bridgehead atoms. The number of aliphatic hydroxyl groups excluding tert-OH is 2. The van der Waals surface area contributed by atoms with Crippen LogP contribution < -0.4 is 11.1 Å². The zero-order chi connectivity index (χ0) is 27.7. The number of hydrogen-bond donors (Lipinski definition) is 5. The SMILES string of the molecule is C[C@H](N)C(=O)NCC(=O)C1=C[C@@]2(C)C(=CC1=O)CC[C@H]1[C@@H]3C[C@@H](C)[C@](O)(C(=O)CO)[C@@]3(C)C[C@H](O)[C@@]12F. The lowest BCUT2D eigenvalue weighted by Crippen LogP contribution is -2.69. The van der Waals surface area contributed by atoms with Crippen LogP contribution in [0.3, 0.4) is 0 Å². The molecule has 0 aromatic heterocycles. The number of rotatable bonds is 6. The molecule has 37 heavy (non-hydrogen) atoms. The van der Waals surface area contributed by atoms with Crippen LogP contribution in [0.1, 0.15) is 53.4 Å². The number of halogens is 1. The smallest absolute Gasteiger partial charge is 0.237 e. The zero-order valence-electron chi connectivity index (χ0n) is 21.7. The minimum atomic E-state index is -2.28. The number of fused-ring (bicyclic) bond motifs is 5. The van der Waals surface area contributed by atoms with Crippen LogP contribution in [0.4, 0.5) is 4.39 Å². The first-order valence-corrected chi connectivity index (χ1v) is 12.9. The van der Waals surface area contributed by atoms with E-state index in [1.807, 2.05) is 0 Å². The molecule has 1 amide bonds. The molecule has 0 saturated heterocycles. The van der Waals surface area contributed by atoms with E-state index in [1.165, 1.54) is 19.1 Å². The van der Waals surface area contributed by atoms with Crippen molar-refractivity contribution in [2.75, 3.05) is 13.2 Å². The third-order valence-electron chi connectivity index (χ3n) is 10.0. The average Bonchev–Trinajstić information content (AvgIpc) is 3.04. The summed E-state index contributed by atoms with van der Waals surface area (Å²) in [5.74, 6) is -4.39. The maximum Gasteiger partial charge on any atom is 0.237 e. The monoisotopic (exact) mass is 520 g/mol. The first kappa shape index (κ1) is 27.8. The Bertz CT molecular complexity index is 1120. The van der Waals surface area contributed by atoms with E-state index >= 15 is 4.39 Å². The lowest BCUT2D eigenvalue weighted by Gasteiger charge is -2.62. The van der Waals surface area contributed by atoms with Crippen LogP contribution in [0.5, 0.6) is 0 Å². The minimum absolute atomic E-state index is 0.227. The van der Waals surface area contributed by atoms with Gasteiger partial charge in [0.05, 0.1) is 24.3 Å². The number of nitrogens with two attached hydrogens (primary N) is 1. The van der Waals surface area contributed by atoms with E-state index in [0.717, 1.165) is 0 Å². The van der Waals surface area contributed by atoms with Gasteiger partial charge in [-0.2, -0.15) is 0 Å². The van der Waals surface area contributed by atoms with Gasteiger partial charge in [0, 0.05) is 16.7 Å². The molecule has 9 nitrogen and oxygen atoms in total. The molecule has 3 saturated carbocycles. The Kier molecular flexibility index (Phi) is 6.67. The molecule has 0 spiro atoms. The molecule has 0 aliphatic heterocycles. The molecule has 9 atom stereocenters. The van der Waals surface area contributed by atoms with E-state index in [-0.39, 0.29) is 12.0 Å². The van der Waals surface area contributed by atoms with Gasteiger partial charge in [-0.15, -0.1) is 0 Å². The van der Waals surface area contributed by atoms with E-state index in [1.54, 1.807) is 20.8 Å². The summed E-state index contributed by atoms with van der Waals surface area (Å²) in [4.78, 5) is 50.3. The number of amides is 1. The van der Waals surface area contributed by atoms with Crippen molar-refractivity contribution in [2.24, 2.45) is 34.3 Å². The summed E-state index contributed by atoms with van der Waals surface area (Å²) in [5, 5.41) is 34.9. The van der Waals surface area contributed by atoms with Gasteiger partial charge in [0.2, 0.25) is 5.91 Å². The summed E-state index contributed by atoms with van der Waals surface area (Å²) in [6.45, 7) is 5.07. The molecule has 0 radical (unpaired) electrons. The number of hydrogen-bond acceptors (Lipinski definition) is 8. The van der Waals surface area contributed by atoms with Gasteiger partial charge in [0.15, 0.2) is 23.0 Å². The normalized spacial score (nSPS) is 43.5. The van der Waals surface area contributed by atoms with Crippen molar-refractivity contribution in [3.05, 3.63) is 23.3 Å². The third-order valence-corrected chi connectivity index (χ3v) is 10.0. The van der Waals surface area contributed by atoms with Crippen molar-refractivity contribution in [2.45, 2.75) is 76.8 Å². The van der Waals surface area contributed by atoms with E-state index < -0.39 is 88.4 Å². The van der Waals surface area contributed by atoms with Crippen molar-refractivity contribution in [1.29, 1.82) is 0 Å². The molecule has 6 N–H and O–H groups in total. The number of alkyl halides is 1. The Morgan fingerprint density at radius 3 is 2.51 bits per heavy atom. The van der Waals surface area contributed by atoms with Crippen molar-refractivity contribution < 1.29 is 38.9 Å². The van der Waals surface area contributed by atoms with Crippen LogP contribution in [0.2, 0.25) is 0 Å². The molecule has 0 heterocycles. The van der Waals surface area contributed by atoms with Crippen LogP contribution in [0.25, 0.3) is 0 Å². The average molecular weight is 521 g/mol. The van der Waals surface area contributed by atoms with Crippen LogP contribution in [-0.4, -0.2) is 75.1 Å². The van der Waals surface area contributed by atoms with Gasteiger partial charge in [-0.25, -0.2) is 4.39 Å². The van der Waals surface area contributed by atoms with Gasteiger partial charge in [-0.3, -0.25) is 19.2 Å². The Morgan fingerprint density at radius 1 is 1.27 bits per heavy atom. The van der Waals surface area contributed by atoms with Crippen LogP contribution >= 0.6 is 0 Å². The van der Waals surface area contributed by atoms with Gasteiger partial charge < -0.3 is 26.4 Å². The molecule has 4 aliphatic carbocycles. The molecule has 0 aromatic carbocycles. The summed E-state index contributed by atoms with van der Waals surface area (Å²) in [5.41, 5.74) is -1.14. The van der Waals surface area contributed by atoms with Crippen LogP contribution in [0, 0.1) is 28.6 Å². The molecule has 3 fully saturated rings. The van der Waals surface area contributed by atoms with Gasteiger partial charge in [-0.1, -0.05) is 25.5 Å². The summed E-state index contributed by atoms with van der Waals surface area (Å²) >= 11 is 0. The molecule has 204 valence electrons. The molecule has 10 heteroatoms. The molecule has 0 unspecified atom stereocenters. The fourth-order valence-electron chi connectivity index (χ4n) is 8.00. The highest BCUT2D eigenvalue weighted by Crippen LogP contribution is 2.70. The second-order valence-corrected chi connectivity index (χ2v) is 11.9. The third kappa shape index (κ3) is 3.56. The highest BCUT2D eigenvalue weighted by atomic mass is 19.1. The van der Waals surface area contributed by atoms with Crippen molar-refractivity contribution >= 4 is 23.3 Å². The molecule has 4 aliphatic rings. The number of Topliss-reactive ketones (excluding diaryl/α,β-unsaturated/α-hetero) is 2. The zero-order valence-corrected chi connectivity index (χ0v) is 21.7. The summed E-state index contributed by atoms with van der Waals surface area (Å²) in [7, 11) is 0. The number of carbonyl (C=O) groups excluding carboxylic acids is 4. The largest absolute Gasteiger partial charge is 0.390 e. The Morgan fingerprint density at radius 2 is 1.92 bits per heavy atom.